The van der Waals surface area contributed by atoms with E-state index < -0.39 is 31.3 Å². The van der Waals surface area contributed by atoms with Crippen LogP contribution in [0.4, 0.5) is 0 Å². The van der Waals surface area contributed by atoms with Gasteiger partial charge in [0, 0.05) is 0 Å². The van der Waals surface area contributed by atoms with Crippen molar-refractivity contribution < 1.29 is 28.3 Å². The lowest BCUT2D eigenvalue weighted by Crippen LogP contribution is -2.50. The SMILES string of the molecule is CCOP(=O)(OCC)C(O)[C@H](C(C)C)N1C(=O)c2ccccc2C1=O. The first-order chi connectivity index (χ1) is 11.8. The highest BCUT2D eigenvalue weighted by Gasteiger charge is 2.50. The number of carbonyl (C=O) groups is 2. The summed E-state index contributed by atoms with van der Waals surface area (Å²) in [5.41, 5.74) is 0.543. The number of hydrogen-bond donors (Lipinski definition) is 1. The number of carbonyl (C=O) groups excluding carboxylic acids is 2. The first-order valence-corrected chi connectivity index (χ1v) is 9.93. The zero-order valence-electron chi connectivity index (χ0n) is 14.8. The van der Waals surface area contributed by atoms with E-state index in [2.05, 4.69) is 0 Å². The summed E-state index contributed by atoms with van der Waals surface area (Å²) in [5.74, 6) is -3.02. The maximum Gasteiger partial charge on any atom is 0.361 e. The molecule has 1 aliphatic rings. The number of hydrogen-bond acceptors (Lipinski definition) is 6. The summed E-state index contributed by atoms with van der Waals surface area (Å²) in [4.78, 5) is 26.4. The predicted molar refractivity (Wildman–Crippen MR) is 92.4 cm³/mol. The molecule has 2 atom stereocenters. The fraction of sp³-hybridized carbons (Fsp3) is 0.529. The summed E-state index contributed by atoms with van der Waals surface area (Å²) >= 11 is 0. The molecule has 138 valence electrons. The molecule has 1 unspecified atom stereocenters. The number of benzene rings is 1. The average Bonchev–Trinajstić information content (AvgIpc) is 2.81. The summed E-state index contributed by atoms with van der Waals surface area (Å²) in [7, 11) is -3.91. The second kappa shape index (κ2) is 7.79. The Morgan fingerprint density at radius 2 is 1.48 bits per heavy atom. The predicted octanol–water partition coefficient (Wildman–Crippen LogP) is 2.89. The Hall–Kier alpha value is -1.53. The molecular weight excluding hydrogens is 345 g/mol. The van der Waals surface area contributed by atoms with Gasteiger partial charge in [0.25, 0.3) is 11.8 Å². The molecule has 0 saturated heterocycles. The molecule has 0 saturated carbocycles. The first-order valence-electron chi connectivity index (χ1n) is 8.32. The van der Waals surface area contributed by atoms with Crippen molar-refractivity contribution in [3.63, 3.8) is 0 Å². The number of amides is 2. The van der Waals surface area contributed by atoms with Crippen LogP contribution in [0.5, 0.6) is 0 Å². The summed E-state index contributed by atoms with van der Waals surface area (Å²) in [6, 6.07) is 5.42. The van der Waals surface area contributed by atoms with Crippen LogP contribution >= 0.6 is 7.60 Å². The van der Waals surface area contributed by atoms with Crippen LogP contribution < -0.4 is 0 Å². The number of imide groups is 1. The Labute approximate surface area is 147 Å². The topological polar surface area (TPSA) is 93.1 Å². The van der Waals surface area contributed by atoms with E-state index in [-0.39, 0.29) is 30.3 Å². The van der Waals surface area contributed by atoms with Crippen molar-refractivity contribution in [3.8, 4) is 0 Å². The minimum Gasteiger partial charge on any atom is -0.379 e. The van der Waals surface area contributed by atoms with Crippen LogP contribution in [0.2, 0.25) is 0 Å². The highest BCUT2D eigenvalue weighted by molar-refractivity contribution is 7.54. The Morgan fingerprint density at radius 1 is 1.04 bits per heavy atom. The van der Waals surface area contributed by atoms with E-state index in [9.17, 15) is 19.3 Å². The number of nitrogens with zero attached hydrogens (tertiary/aromatic N) is 1. The van der Waals surface area contributed by atoms with E-state index >= 15 is 0 Å². The van der Waals surface area contributed by atoms with E-state index in [1.54, 1.807) is 52.0 Å². The highest BCUT2D eigenvalue weighted by atomic mass is 31.2. The van der Waals surface area contributed by atoms with Crippen molar-refractivity contribution in [2.75, 3.05) is 13.2 Å². The lowest BCUT2D eigenvalue weighted by atomic mass is 10.0. The van der Waals surface area contributed by atoms with Gasteiger partial charge in [-0.25, -0.2) is 0 Å². The van der Waals surface area contributed by atoms with E-state index in [0.29, 0.717) is 0 Å². The summed E-state index contributed by atoms with van der Waals surface area (Å²) < 4.78 is 23.4. The highest BCUT2D eigenvalue weighted by Crippen LogP contribution is 2.55. The monoisotopic (exact) mass is 369 g/mol. The molecule has 0 fully saturated rings. The van der Waals surface area contributed by atoms with Crippen LogP contribution in [0.3, 0.4) is 0 Å². The minimum absolute atomic E-state index is 0.0707. The zero-order chi connectivity index (χ0) is 18.8. The summed E-state index contributed by atoms with van der Waals surface area (Å²) in [5, 5.41) is 10.8. The Kier molecular flexibility index (Phi) is 6.16. The van der Waals surface area contributed by atoms with Crippen LogP contribution in [0.1, 0.15) is 48.4 Å². The molecule has 2 rings (SSSR count). The smallest absolute Gasteiger partial charge is 0.361 e. The molecule has 1 aromatic carbocycles. The molecule has 0 aromatic heterocycles. The fourth-order valence-electron chi connectivity index (χ4n) is 2.99. The van der Waals surface area contributed by atoms with Gasteiger partial charge in [-0.05, 0) is 31.9 Å². The lowest BCUT2D eigenvalue weighted by Gasteiger charge is -2.35. The zero-order valence-corrected chi connectivity index (χ0v) is 15.7. The standard InChI is InChI=1S/C17H24NO6P/c1-5-23-25(22,24-6-2)17(21)14(11(3)4)18-15(19)12-9-7-8-10-13(12)16(18)20/h7-11,14,17,21H,5-6H2,1-4H3/t14-,17?/m0/s1. The normalized spacial score (nSPS) is 17.1. The molecule has 0 radical (unpaired) electrons. The van der Waals surface area contributed by atoms with Crippen molar-refractivity contribution in [2.45, 2.75) is 39.6 Å². The van der Waals surface area contributed by atoms with Crippen LogP contribution in [-0.2, 0) is 13.6 Å². The third kappa shape index (κ3) is 3.55. The van der Waals surface area contributed by atoms with Crippen LogP contribution in [0, 0.1) is 5.92 Å². The maximum absolute atomic E-state index is 13.0. The third-order valence-corrected chi connectivity index (χ3v) is 6.24. The number of aliphatic hydroxyl groups excluding tert-OH is 1. The molecule has 2 amide bonds. The largest absolute Gasteiger partial charge is 0.379 e. The summed E-state index contributed by atoms with van der Waals surface area (Å²) in [6.45, 7) is 6.87. The molecule has 1 aromatic rings. The van der Waals surface area contributed by atoms with Crippen molar-refractivity contribution in [1.29, 1.82) is 0 Å². The number of aliphatic hydroxyl groups is 1. The Morgan fingerprint density at radius 3 is 1.84 bits per heavy atom. The van der Waals surface area contributed by atoms with Crippen molar-refractivity contribution in [1.82, 2.24) is 4.90 Å². The van der Waals surface area contributed by atoms with Crippen molar-refractivity contribution >= 4 is 19.4 Å². The Balaban J connectivity index is 2.44. The minimum atomic E-state index is -3.91. The van der Waals surface area contributed by atoms with Crippen LogP contribution in [-0.4, -0.2) is 46.9 Å². The van der Waals surface area contributed by atoms with E-state index in [0.717, 1.165) is 4.90 Å². The molecule has 25 heavy (non-hydrogen) atoms. The molecule has 1 N–H and O–H groups in total. The second-order valence-corrected chi connectivity index (χ2v) is 8.17. The number of rotatable bonds is 8. The maximum atomic E-state index is 13.0. The van der Waals surface area contributed by atoms with Gasteiger partial charge < -0.3 is 14.2 Å². The molecule has 8 heteroatoms. The molecule has 1 heterocycles. The van der Waals surface area contributed by atoms with Gasteiger partial charge in [0.15, 0.2) is 5.85 Å². The molecule has 0 bridgehead atoms. The first kappa shape index (κ1) is 19.8. The van der Waals surface area contributed by atoms with Gasteiger partial charge in [0.1, 0.15) is 0 Å². The van der Waals surface area contributed by atoms with Gasteiger partial charge in [-0.3, -0.25) is 19.1 Å². The van der Waals surface area contributed by atoms with Crippen molar-refractivity contribution in [3.05, 3.63) is 35.4 Å². The molecule has 0 spiro atoms. The fourth-order valence-corrected chi connectivity index (χ4v) is 4.94. The van der Waals surface area contributed by atoms with Crippen LogP contribution in [0.25, 0.3) is 0 Å². The molecule has 7 nitrogen and oxygen atoms in total. The molecule has 1 aliphatic heterocycles. The van der Waals surface area contributed by atoms with Gasteiger partial charge >= 0.3 is 7.60 Å². The van der Waals surface area contributed by atoms with E-state index in [1.807, 2.05) is 0 Å². The van der Waals surface area contributed by atoms with E-state index in [1.165, 1.54) is 0 Å². The van der Waals surface area contributed by atoms with Gasteiger partial charge in [-0.2, -0.15) is 0 Å². The lowest BCUT2D eigenvalue weighted by molar-refractivity contribution is 0.0319. The van der Waals surface area contributed by atoms with E-state index in [4.69, 9.17) is 9.05 Å². The third-order valence-electron chi connectivity index (χ3n) is 4.05. The quantitative estimate of drug-likeness (QED) is 0.559. The Bertz CT molecular complexity index is 659. The van der Waals surface area contributed by atoms with Gasteiger partial charge in [-0.15, -0.1) is 0 Å². The molecule has 0 aliphatic carbocycles. The van der Waals surface area contributed by atoms with Crippen LogP contribution in [0.15, 0.2) is 24.3 Å². The van der Waals surface area contributed by atoms with Crippen molar-refractivity contribution in [2.24, 2.45) is 5.92 Å². The molecular formula is C17H24NO6P. The average molecular weight is 369 g/mol. The second-order valence-electron chi connectivity index (χ2n) is 6.05. The van der Waals surface area contributed by atoms with Gasteiger partial charge in [-0.1, -0.05) is 26.0 Å². The van der Waals surface area contributed by atoms with Gasteiger partial charge in [0.05, 0.1) is 30.4 Å². The summed E-state index contributed by atoms with van der Waals surface area (Å²) in [6.07, 6.45) is 0. The van der Waals surface area contributed by atoms with Gasteiger partial charge in [0.2, 0.25) is 0 Å². The number of fused-ring (bicyclic) bond motifs is 1.